The van der Waals surface area contributed by atoms with Crippen LogP contribution in [0.4, 0.5) is 0 Å². The van der Waals surface area contributed by atoms with E-state index in [-0.39, 0.29) is 0 Å². The molecule has 90 valence electrons. The number of halogens is 1. The Balaban J connectivity index is 2.12. The number of aromatic nitrogens is 1. The van der Waals surface area contributed by atoms with Gasteiger partial charge in [-0.1, -0.05) is 12.1 Å². The molecule has 0 saturated carbocycles. The molecule has 0 spiro atoms. The van der Waals surface area contributed by atoms with Crippen LogP contribution >= 0.6 is 33.9 Å². The Bertz CT molecular complexity index is 478. The average Bonchev–Trinajstić information content (AvgIpc) is 2.75. The van der Waals surface area contributed by atoms with Crippen LogP contribution in [0, 0.1) is 10.5 Å². The molecule has 1 unspecified atom stereocenters. The average molecular weight is 358 g/mol. The largest absolute Gasteiger partial charge is 0.312 e. The molecule has 4 heteroatoms. The second kappa shape index (κ2) is 5.93. The summed E-state index contributed by atoms with van der Waals surface area (Å²) in [6, 6.07) is 9.06. The molecule has 0 saturated heterocycles. The van der Waals surface area contributed by atoms with E-state index >= 15 is 0 Å². The third-order valence-corrected chi connectivity index (χ3v) is 4.43. The molecule has 2 rings (SSSR count). The van der Waals surface area contributed by atoms with Crippen molar-refractivity contribution in [3.8, 4) is 0 Å². The third-order valence-electron chi connectivity index (χ3n) is 2.68. The Labute approximate surface area is 120 Å². The number of rotatable bonds is 4. The minimum atomic E-state index is 0.362. The molecule has 17 heavy (non-hydrogen) atoms. The number of likely N-dealkylation sites (N-methyl/N-ethyl adjacent to an activating group) is 1. The van der Waals surface area contributed by atoms with E-state index in [1.54, 1.807) is 11.3 Å². The summed E-state index contributed by atoms with van der Waals surface area (Å²) < 4.78 is 1.28. The van der Waals surface area contributed by atoms with Crippen LogP contribution < -0.4 is 5.32 Å². The van der Waals surface area contributed by atoms with Crippen molar-refractivity contribution in [1.29, 1.82) is 0 Å². The molecule has 1 aromatic heterocycles. The van der Waals surface area contributed by atoms with Crippen LogP contribution in [0.25, 0.3) is 0 Å². The normalized spacial score (nSPS) is 12.6. The SMILES string of the molecule is CNC(Cc1ccc(I)cc1)c1cnc(C)s1. The van der Waals surface area contributed by atoms with Crippen molar-refractivity contribution in [3.05, 3.63) is 49.5 Å². The van der Waals surface area contributed by atoms with Crippen molar-refractivity contribution in [1.82, 2.24) is 10.3 Å². The van der Waals surface area contributed by atoms with Crippen LogP contribution in [0.1, 0.15) is 21.5 Å². The van der Waals surface area contributed by atoms with Gasteiger partial charge in [0.1, 0.15) is 0 Å². The van der Waals surface area contributed by atoms with E-state index in [2.05, 4.69) is 57.2 Å². The summed E-state index contributed by atoms with van der Waals surface area (Å²) >= 11 is 4.10. The Morgan fingerprint density at radius 3 is 2.59 bits per heavy atom. The van der Waals surface area contributed by atoms with E-state index in [4.69, 9.17) is 0 Å². The van der Waals surface area contributed by atoms with Gasteiger partial charge in [0.15, 0.2) is 0 Å². The van der Waals surface area contributed by atoms with E-state index in [0.29, 0.717) is 6.04 Å². The molecule has 0 aliphatic rings. The molecule has 1 heterocycles. The summed E-state index contributed by atoms with van der Waals surface area (Å²) in [4.78, 5) is 5.63. The predicted molar refractivity (Wildman–Crippen MR) is 81.5 cm³/mol. The van der Waals surface area contributed by atoms with Gasteiger partial charge < -0.3 is 5.32 Å². The van der Waals surface area contributed by atoms with Crippen molar-refractivity contribution in [3.63, 3.8) is 0 Å². The quantitative estimate of drug-likeness (QED) is 0.846. The Hall–Kier alpha value is -0.460. The van der Waals surface area contributed by atoms with Crippen LogP contribution in [0.3, 0.4) is 0 Å². The second-order valence-corrected chi connectivity index (χ2v) is 6.47. The molecule has 0 bridgehead atoms. The van der Waals surface area contributed by atoms with Crippen molar-refractivity contribution >= 4 is 33.9 Å². The van der Waals surface area contributed by atoms with Crippen LogP contribution in [0.15, 0.2) is 30.5 Å². The fraction of sp³-hybridized carbons (Fsp3) is 0.308. The zero-order valence-corrected chi connectivity index (χ0v) is 12.9. The third kappa shape index (κ3) is 3.50. The standard InChI is InChI=1S/C13H15IN2S/c1-9-16-8-13(17-9)12(15-2)7-10-3-5-11(14)6-4-10/h3-6,8,12,15H,7H2,1-2H3. The lowest BCUT2D eigenvalue weighted by atomic mass is 10.1. The first-order chi connectivity index (χ1) is 8.19. The Kier molecular flexibility index (Phi) is 4.53. The number of nitrogens with one attached hydrogen (secondary N) is 1. The molecule has 1 atom stereocenters. The second-order valence-electron chi connectivity index (χ2n) is 3.95. The molecule has 0 fully saturated rings. The van der Waals surface area contributed by atoms with Crippen LogP contribution in [-0.2, 0) is 6.42 Å². The minimum absolute atomic E-state index is 0.362. The first kappa shape index (κ1) is 13.0. The molecule has 2 nitrogen and oxygen atoms in total. The lowest BCUT2D eigenvalue weighted by Gasteiger charge is -2.14. The van der Waals surface area contributed by atoms with Gasteiger partial charge >= 0.3 is 0 Å². The van der Waals surface area contributed by atoms with Gasteiger partial charge in [0.25, 0.3) is 0 Å². The number of hydrogen-bond donors (Lipinski definition) is 1. The van der Waals surface area contributed by atoms with Crippen molar-refractivity contribution in [2.24, 2.45) is 0 Å². The van der Waals surface area contributed by atoms with E-state index < -0.39 is 0 Å². The highest BCUT2D eigenvalue weighted by molar-refractivity contribution is 14.1. The van der Waals surface area contributed by atoms with Gasteiger partial charge in [-0.15, -0.1) is 11.3 Å². The summed E-state index contributed by atoms with van der Waals surface area (Å²) in [5.74, 6) is 0. The number of thiazole rings is 1. The molecular formula is C13H15IN2S. The van der Waals surface area contributed by atoms with Gasteiger partial charge in [-0.3, -0.25) is 0 Å². The van der Waals surface area contributed by atoms with Crippen LogP contribution in [0.2, 0.25) is 0 Å². The van der Waals surface area contributed by atoms with Crippen LogP contribution in [0.5, 0.6) is 0 Å². The summed E-state index contributed by atoms with van der Waals surface area (Å²) in [7, 11) is 2.01. The molecule has 0 amide bonds. The van der Waals surface area contributed by atoms with Crippen molar-refractivity contribution < 1.29 is 0 Å². The highest BCUT2D eigenvalue weighted by atomic mass is 127. The number of nitrogens with zero attached hydrogens (tertiary/aromatic N) is 1. The fourth-order valence-corrected chi connectivity index (χ4v) is 2.99. The lowest BCUT2D eigenvalue weighted by molar-refractivity contribution is 0.601. The van der Waals surface area contributed by atoms with Gasteiger partial charge in [0.2, 0.25) is 0 Å². The monoisotopic (exact) mass is 358 g/mol. The topological polar surface area (TPSA) is 24.9 Å². The number of aryl methyl sites for hydroxylation is 1. The van der Waals surface area contributed by atoms with E-state index in [1.165, 1.54) is 14.0 Å². The van der Waals surface area contributed by atoms with Gasteiger partial charge in [-0.25, -0.2) is 4.98 Å². The van der Waals surface area contributed by atoms with Gasteiger partial charge in [0, 0.05) is 20.7 Å². The van der Waals surface area contributed by atoms with Crippen molar-refractivity contribution in [2.75, 3.05) is 7.05 Å². The number of hydrogen-bond acceptors (Lipinski definition) is 3. The lowest BCUT2D eigenvalue weighted by Crippen LogP contribution is -2.17. The molecule has 0 aliphatic carbocycles. The summed E-state index contributed by atoms with van der Waals surface area (Å²) in [5.41, 5.74) is 1.36. The van der Waals surface area contributed by atoms with Gasteiger partial charge in [-0.2, -0.15) is 0 Å². The first-order valence-corrected chi connectivity index (χ1v) is 7.42. The number of benzene rings is 1. The molecule has 0 radical (unpaired) electrons. The molecular weight excluding hydrogens is 343 g/mol. The van der Waals surface area contributed by atoms with Gasteiger partial charge in [-0.05, 0) is 60.7 Å². The highest BCUT2D eigenvalue weighted by Gasteiger charge is 2.12. The summed E-state index contributed by atoms with van der Waals surface area (Å²) in [5, 5.41) is 4.49. The predicted octanol–water partition coefficient (Wildman–Crippen LogP) is 3.56. The minimum Gasteiger partial charge on any atom is -0.312 e. The van der Waals surface area contributed by atoms with Crippen LogP contribution in [-0.4, -0.2) is 12.0 Å². The van der Waals surface area contributed by atoms with E-state index in [9.17, 15) is 0 Å². The maximum Gasteiger partial charge on any atom is 0.0897 e. The van der Waals surface area contributed by atoms with Crippen molar-refractivity contribution in [2.45, 2.75) is 19.4 Å². The maximum atomic E-state index is 4.32. The molecule has 2 aromatic rings. The molecule has 1 aromatic carbocycles. The summed E-state index contributed by atoms with van der Waals surface area (Å²) in [6.45, 7) is 2.05. The van der Waals surface area contributed by atoms with Gasteiger partial charge in [0.05, 0.1) is 5.01 Å². The zero-order chi connectivity index (χ0) is 12.3. The highest BCUT2D eigenvalue weighted by Crippen LogP contribution is 2.23. The first-order valence-electron chi connectivity index (χ1n) is 5.53. The molecule has 0 aliphatic heterocycles. The fourth-order valence-electron chi connectivity index (χ4n) is 1.74. The Morgan fingerprint density at radius 1 is 1.35 bits per heavy atom. The smallest absolute Gasteiger partial charge is 0.0897 e. The van der Waals surface area contributed by atoms with E-state index in [0.717, 1.165) is 11.4 Å². The Morgan fingerprint density at radius 2 is 2.06 bits per heavy atom. The summed E-state index contributed by atoms with van der Waals surface area (Å²) in [6.07, 6.45) is 2.99. The molecule has 1 N–H and O–H groups in total. The zero-order valence-electron chi connectivity index (χ0n) is 9.90. The van der Waals surface area contributed by atoms with E-state index in [1.807, 2.05) is 20.2 Å². The maximum absolute atomic E-state index is 4.32.